The molecule has 0 aliphatic carbocycles. The molecule has 1 unspecified atom stereocenters. The van der Waals surface area contributed by atoms with Crippen molar-refractivity contribution in [1.29, 1.82) is 0 Å². The van der Waals surface area contributed by atoms with Crippen LogP contribution in [-0.2, 0) is 0 Å². The van der Waals surface area contributed by atoms with E-state index in [-0.39, 0.29) is 0 Å². The molecule has 1 nitrogen and oxygen atoms in total. The van der Waals surface area contributed by atoms with Crippen LogP contribution < -0.4 is 5.32 Å². The first-order chi connectivity index (χ1) is 4.81. The van der Waals surface area contributed by atoms with Crippen LogP contribution in [0.25, 0.3) is 0 Å². The van der Waals surface area contributed by atoms with Gasteiger partial charge >= 0.3 is 0 Å². The third-order valence-electron chi connectivity index (χ3n) is 1.26. The molecule has 0 radical (unpaired) electrons. The van der Waals surface area contributed by atoms with E-state index >= 15 is 0 Å². The van der Waals surface area contributed by atoms with Crippen LogP contribution in [0.5, 0.6) is 0 Å². The predicted molar refractivity (Wildman–Crippen MR) is 50.7 cm³/mol. The van der Waals surface area contributed by atoms with Crippen molar-refractivity contribution < 1.29 is 0 Å². The van der Waals surface area contributed by atoms with Crippen LogP contribution in [0.3, 0.4) is 0 Å². The molecular weight excluding hydrogens is 142 g/mol. The lowest BCUT2D eigenvalue weighted by atomic mass is 10.3. The van der Waals surface area contributed by atoms with Gasteiger partial charge in [-0.3, -0.25) is 0 Å². The lowest BCUT2D eigenvalue weighted by Gasteiger charge is -2.10. The molecule has 0 fully saturated rings. The van der Waals surface area contributed by atoms with Gasteiger partial charge < -0.3 is 5.32 Å². The first kappa shape index (κ1) is 10.0. The average Bonchev–Trinajstić information content (AvgIpc) is 1.89. The Balaban J connectivity index is 3.04. The second kappa shape index (κ2) is 7.16. The van der Waals surface area contributed by atoms with Crippen molar-refractivity contribution in [2.45, 2.75) is 19.4 Å². The summed E-state index contributed by atoms with van der Waals surface area (Å²) in [5, 5.41) is 3.39. The van der Waals surface area contributed by atoms with E-state index in [1.807, 2.05) is 17.8 Å². The summed E-state index contributed by atoms with van der Waals surface area (Å²) in [6, 6.07) is 0.634. The molecule has 0 aliphatic heterocycles. The van der Waals surface area contributed by atoms with Gasteiger partial charge in [0.25, 0.3) is 0 Å². The van der Waals surface area contributed by atoms with Crippen LogP contribution in [0, 0.1) is 0 Å². The fourth-order valence-corrected chi connectivity index (χ4v) is 1.36. The molecular formula is C8H17NS. The molecule has 1 atom stereocenters. The molecule has 0 aromatic carbocycles. The SMILES string of the molecule is C=CCCNC(C)CSC. The predicted octanol–water partition coefficient (Wildman–Crippen LogP) is 1.90. The smallest absolute Gasteiger partial charge is 0.0129 e. The molecule has 0 amide bonds. The normalized spacial score (nSPS) is 13.0. The van der Waals surface area contributed by atoms with E-state index in [9.17, 15) is 0 Å². The summed E-state index contributed by atoms with van der Waals surface area (Å²) in [7, 11) is 0. The van der Waals surface area contributed by atoms with E-state index in [2.05, 4.69) is 25.1 Å². The van der Waals surface area contributed by atoms with Crippen molar-refractivity contribution in [2.75, 3.05) is 18.6 Å². The number of hydrogen-bond donors (Lipinski definition) is 1. The molecule has 0 rings (SSSR count). The van der Waals surface area contributed by atoms with E-state index in [1.165, 1.54) is 5.75 Å². The summed E-state index contributed by atoms with van der Waals surface area (Å²) in [5.74, 6) is 1.19. The van der Waals surface area contributed by atoms with Crippen molar-refractivity contribution in [3.05, 3.63) is 12.7 Å². The summed E-state index contributed by atoms with van der Waals surface area (Å²) in [5.41, 5.74) is 0. The zero-order valence-electron chi connectivity index (χ0n) is 6.89. The second-order valence-corrected chi connectivity index (χ2v) is 3.30. The van der Waals surface area contributed by atoms with Crippen LogP contribution in [0.2, 0.25) is 0 Å². The van der Waals surface area contributed by atoms with Gasteiger partial charge in [0, 0.05) is 11.8 Å². The number of hydrogen-bond acceptors (Lipinski definition) is 2. The molecule has 0 spiro atoms. The molecule has 0 bridgehead atoms. The highest BCUT2D eigenvalue weighted by molar-refractivity contribution is 7.98. The first-order valence-electron chi connectivity index (χ1n) is 3.64. The quantitative estimate of drug-likeness (QED) is 0.469. The summed E-state index contributed by atoms with van der Waals surface area (Å²) in [6.07, 6.45) is 5.14. The van der Waals surface area contributed by atoms with Crippen LogP contribution >= 0.6 is 11.8 Å². The van der Waals surface area contributed by atoms with Crippen LogP contribution in [0.15, 0.2) is 12.7 Å². The molecule has 0 aromatic heterocycles. The average molecular weight is 159 g/mol. The maximum atomic E-state index is 3.66. The van der Waals surface area contributed by atoms with Gasteiger partial charge in [-0.2, -0.15) is 11.8 Å². The van der Waals surface area contributed by atoms with E-state index in [1.54, 1.807) is 0 Å². The zero-order chi connectivity index (χ0) is 7.82. The van der Waals surface area contributed by atoms with Crippen molar-refractivity contribution in [1.82, 2.24) is 5.32 Å². The highest BCUT2D eigenvalue weighted by atomic mass is 32.2. The topological polar surface area (TPSA) is 12.0 Å². The van der Waals surface area contributed by atoms with Gasteiger partial charge in [0.1, 0.15) is 0 Å². The fraction of sp³-hybridized carbons (Fsp3) is 0.750. The lowest BCUT2D eigenvalue weighted by Crippen LogP contribution is -2.28. The van der Waals surface area contributed by atoms with Crippen molar-refractivity contribution in [2.24, 2.45) is 0 Å². The Morgan fingerprint density at radius 3 is 2.90 bits per heavy atom. The third-order valence-corrected chi connectivity index (χ3v) is 2.09. The maximum Gasteiger partial charge on any atom is 0.0129 e. The van der Waals surface area contributed by atoms with E-state index in [0.29, 0.717) is 6.04 Å². The van der Waals surface area contributed by atoms with Crippen LogP contribution in [-0.4, -0.2) is 24.6 Å². The van der Waals surface area contributed by atoms with Crippen LogP contribution in [0.4, 0.5) is 0 Å². The molecule has 60 valence electrons. The molecule has 10 heavy (non-hydrogen) atoms. The number of rotatable bonds is 6. The summed E-state index contributed by atoms with van der Waals surface area (Å²) in [4.78, 5) is 0. The minimum absolute atomic E-state index is 0.634. The Bertz CT molecular complexity index is 83.3. The largest absolute Gasteiger partial charge is 0.313 e. The van der Waals surface area contributed by atoms with Crippen LogP contribution in [0.1, 0.15) is 13.3 Å². The highest BCUT2D eigenvalue weighted by Gasteiger charge is 1.96. The van der Waals surface area contributed by atoms with Crippen molar-refractivity contribution in [3.8, 4) is 0 Å². The summed E-state index contributed by atoms with van der Waals surface area (Å²) in [6.45, 7) is 6.93. The van der Waals surface area contributed by atoms with Gasteiger partial charge in [-0.1, -0.05) is 6.08 Å². The van der Waals surface area contributed by atoms with Gasteiger partial charge in [-0.05, 0) is 26.1 Å². The maximum absolute atomic E-state index is 3.66. The summed E-state index contributed by atoms with van der Waals surface area (Å²) >= 11 is 1.88. The molecule has 0 aromatic rings. The van der Waals surface area contributed by atoms with Gasteiger partial charge in [0.05, 0.1) is 0 Å². The molecule has 1 N–H and O–H groups in total. The summed E-state index contributed by atoms with van der Waals surface area (Å²) < 4.78 is 0. The van der Waals surface area contributed by atoms with E-state index < -0.39 is 0 Å². The minimum atomic E-state index is 0.634. The Labute approximate surface area is 68.3 Å². The molecule has 0 aliphatic rings. The van der Waals surface area contributed by atoms with E-state index in [0.717, 1.165) is 13.0 Å². The standard InChI is InChI=1S/C8H17NS/c1-4-5-6-9-8(2)7-10-3/h4,8-9H,1,5-7H2,2-3H3. The second-order valence-electron chi connectivity index (χ2n) is 2.39. The molecule has 2 heteroatoms. The monoisotopic (exact) mass is 159 g/mol. The van der Waals surface area contributed by atoms with Crippen molar-refractivity contribution in [3.63, 3.8) is 0 Å². The lowest BCUT2D eigenvalue weighted by molar-refractivity contribution is 0.602. The fourth-order valence-electron chi connectivity index (χ4n) is 0.741. The molecule has 0 heterocycles. The van der Waals surface area contributed by atoms with Gasteiger partial charge in [-0.25, -0.2) is 0 Å². The Hall–Kier alpha value is 0.0500. The van der Waals surface area contributed by atoms with E-state index in [4.69, 9.17) is 0 Å². The highest BCUT2D eigenvalue weighted by Crippen LogP contribution is 1.95. The van der Waals surface area contributed by atoms with Gasteiger partial charge in [0.2, 0.25) is 0 Å². The van der Waals surface area contributed by atoms with Crippen molar-refractivity contribution >= 4 is 11.8 Å². The van der Waals surface area contributed by atoms with Gasteiger partial charge in [-0.15, -0.1) is 6.58 Å². The number of nitrogens with one attached hydrogen (secondary N) is 1. The first-order valence-corrected chi connectivity index (χ1v) is 5.04. The van der Waals surface area contributed by atoms with Gasteiger partial charge in [0.15, 0.2) is 0 Å². The Kier molecular flexibility index (Phi) is 7.20. The molecule has 0 saturated carbocycles. The third kappa shape index (κ3) is 6.17. The minimum Gasteiger partial charge on any atom is -0.313 e. The zero-order valence-corrected chi connectivity index (χ0v) is 7.71. The number of thioether (sulfide) groups is 1. The Morgan fingerprint density at radius 2 is 2.40 bits per heavy atom. The Morgan fingerprint density at radius 1 is 1.70 bits per heavy atom. The molecule has 0 saturated heterocycles.